The summed E-state index contributed by atoms with van der Waals surface area (Å²) in [6.45, 7) is 0.712. The highest BCUT2D eigenvalue weighted by atomic mass is 79.9. The van der Waals surface area contributed by atoms with E-state index in [0.717, 1.165) is 17.7 Å². The topological polar surface area (TPSA) is 67.8 Å². The van der Waals surface area contributed by atoms with Crippen LogP contribution in [0.2, 0.25) is 5.02 Å². The summed E-state index contributed by atoms with van der Waals surface area (Å²) < 4.78 is 0.647. The second-order valence-electron chi connectivity index (χ2n) is 4.58. The van der Waals surface area contributed by atoms with Crippen molar-refractivity contribution in [1.29, 1.82) is 0 Å². The van der Waals surface area contributed by atoms with Crippen LogP contribution in [0, 0.1) is 0 Å². The molecular formula is C17H14BrClN4O. The summed E-state index contributed by atoms with van der Waals surface area (Å²) in [4.78, 5) is 21.9. The average Bonchev–Trinajstić information content (AvgIpc) is 2.65. The molecule has 0 saturated heterocycles. The number of carbonyl (C=O) groups excluding carboxylic acids is 1. The van der Waals surface area contributed by atoms with Gasteiger partial charge in [0.2, 0.25) is 0 Å². The fourth-order valence-electron chi connectivity index (χ4n) is 1.65. The Morgan fingerprint density at radius 2 is 1.62 bits per heavy atom. The lowest BCUT2D eigenvalue weighted by Crippen LogP contribution is -2.01. The van der Waals surface area contributed by atoms with E-state index in [1.165, 1.54) is 0 Å². The number of rotatable bonds is 4. The summed E-state index contributed by atoms with van der Waals surface area (Å²) >= 11 is 9.13. The molecule has 3 aromatic heterocycles. The maximum atomic E-state index is 9.98. The highest BCUT2D eigenvalue weighted by Gasteiger charge is 2.00. The van der Waals surface area contributed by atoms with Gasteiger partial charge in [-0.1, -0.05) is 11.6 Å². The van der Waals surface area contributed by atoms with E-state index in [1.807, 2.05) is 18.2 Å². The number of hydrogen-bond acceptors (Lipinski definition) is 5. The number of aldehydes is 1. The molecule has 5 nitrogen and oxygen atoms in total. The lowest BCUT2D eigenvalue weighted by Gasteiger charge is -2.06. The molecule has 0 radical (unpaired) electrons. The van der Waals surface area contributed by atoms with Crippen LogP contribution >= 0.6 is 27.5 Å². The second kappa shape index (κ2) is 9.75. The Kier molecular flexibility index (Phi) is 7.32. The van der Waals surface area contributed by atoms with Crippen molar-refractivity contribution < 1.29 is 4.79 Å². The third-order valence-corrected chi connectivity index (χ3v) is 4.01. The molecule has 3 rings (SSSR count). The van der Waals surface area contributed by atoms with Crippen LogP contribution in [0.1, 0.15) is 15.9 Å². The molecule has 3 heterocycles. The third-order valence-electron chi connectivity index (χ3n) is 2.87. The molecule has 1 N–H and O–H groups in total. The van der Waals surface area contributed by atoms with Crippen molar-refractivity contribution in [1.82, 2.24) is 15.0 Å². The van der Waals surface area contributed by atoms with Gasteiger partial charge < -0.3 is 5.32 Å². The standard InChI is InChI=1S/C11H9BrClN3.C6H5NO/c12-11-9(13)1-2-10(16-11)15-7-8-3-5-14-6-4-8;8-5-6-1-3-7-4-2-6/h1-6H,7H2,(H,15,16);1-5H. The molecule has 0 aromatic carbocycles. The quantitative estimate of drug-likeness (QED) is 0.515. The number of pyridine rings is 3. The van der Waals surface area contributed by atoms with Gasteiger partial charge in [-0.2, -0.15) is 0 Å². The summed E-state index contributed by atoms with van der Waals surface area (Å²) in [5.74, 6) is 0.785. The van der Waals surface area contributed by atoms with Crippen molar-refractivity contribution in [3.8, 4) is 0 Å². The first-order valence-electron chi connectivity index (χ1n) is 6.99. The van der Waals surface area contributed by atoms with Gasteiger partial charge >= 0.3 is 0 Å². The van der Waals surface area contributed by atoms with Gasteiger partial charge in [-0.15, -0.1) is 0 Å². The molecule has 0 saturated carbocycles. The predicted molar refractivity (Wildman–Crippen MR) is 98.1 cm³/mol. The van der Waals surface area contributed by atoms with E-state index >= 15 is 0 Å². The molecular weight excluding hydrogens is 392 g/mol. The molecule has 0 amide bonds. The normalized spacial score (nSPS) is 9.58. The second-order valence-corrected chi connectivity index (χ2v) is 5.73. The molecule has 0 aliphatic heterocycles. The minimum absolute atomic E-state index is 0.606. The molecule has 0 bridgehead atoms. The van der Waals surface area contributed by atoms with E-state index < -0.39 is 0 Å². The van der Waals surface area contributed by atoms with Crippen molar-refractivity contribution in [3.63, 3.8) is 0 Å². The lowest BCUT2D eigenvalue weighted by atomic mass is 10.3. The van der Waals surface area contributed by atoms with E-state index in [-0.39, 0.29) is 0 Å². The van der Waals surface area contributed by atoms with E-state index in [2.05, 4.69) is 36.2 Å². The van der Waals surface area contributed by atoms with Gasteiger partial charge in [0.15, 0.2) is 0 Å². The fraction of sp³-hybridized carbons (Fsp3) is 0.0588. The molecule has 0 fully saturated rings. The summed E-state index contributed by atoms with van der Waals surface area (Å²) in [6.07, 6.45) is 7.50. The van der Waals surface area contributed by atoms with Gasteiger partial charge in [0.1, 0.15) is 16.7 Å². The zero-order valence-electron chi connectivity index (χ0n) is 12.6. The first kappa shape index (κ1) is 18.0. The molecule has 0 atom stereocenters. The Morgan fingerprint density at radius 1 is 1.00 bits per heavy atom. The smallest absolute Gasteiger partial charge is 0.150 e. The molecule has 7 heteroatoms. The van der Waals surface area contributed by atoms with E-state index in [4.69, 9.17) is 11.6 Å². The number of nitrogens with one attached hydrogen (secondary N) is 1. The summed E-state index contributed by atoms with van der Waals surface area (Å²) in [5.41, 5.74) is 1.82. The number of aromatic nitrogens is 3. The maximum absolute atomic E-state index is 9.98. The maximum Gasteiger partial charge on any atom is 0.150 e. The van der Waals surface area contributed by atoms with Crippen LogP contribution in [0.15, 0.2) is 65.8 Å². The number of nitrogens with zero attached hydrogens (tertiary/aromatic N) is 3. The minimum atomic E-state index is 0.606. The van der Waals surface area contributed by atoms with Crippen molar-refractivity contribution >= 4 is 39.6 Å². The third kappa shape index (κ3) is 6.06. The van der Waals surface area contributed by atoms with E-state index in [9.17, 15) is 4.79 Å². The first-order chi connectivity index (χ1) is 11.7. The molecule has 24 heavy (non-hydrogen) atoms. The van der Waals surface area contributed by atoms with Gasteiger partial charge in [0.25, 0.3) is 0 Å². The highest BCUT2D eigenvalue weighted by molar-refractivity contribution is 9.10. The zero-order valence-corrected chi connectivity index (χ0v) is 14.9. The predicted octanol–water partition coefficient (Wildman–Crippen LogP) is 4.40. The van der Waals surface area contributed by atoms with Crippen molar-refractivity contribution in [2.75, 3.05) is 5.32 Å². The van der Waals surface area contributed by atoms with Gasteiger partial charge in [-0.3, -0.25) is 14.8 Å². The molecule has 3 aromatic rings. The molecule has 0 aliphatic carbocycles. The van der Waals surface area contributed by atoms with Crippen LogP contribution in [0.4, 0.5) is 5.82 Å². The van der Waals surface area contributed by atoms with Crippen molar-refractivity contribution in [2.45, 2.75) is 6.54 Å². The summed E-state index contributed by atoms with van der Waals surface area (Å²) in [7, 11) is 0. The number of hydrogen-bond donors (Lipinski definition) is 1. The van der Waals surface area contributed by atoms with Crippen molar-refractivity contribution in [3.05, 3.63) is 81.9 Å². The highest BCUT2D eigenvalue weighted by Crippen LogP contribution is 2.21. The van der Waals surface area contributed by atoms with Crippen LogP contribution in [0.3, 0.4) is 0 Å². The van der Waals surface area contributed by atoms with Crippen LogP contribution in [0.5, 0.6) is 0 Å². The van der Waals surface area contributed by atoms with Crippen LogP contribution in [0.25, 0.3) is 0 Å². The van der Waals surface area contributed by atoms with Crippen molar-refractivity contribution in [2.24, 2.45) is 0 Å². The van der Waals surface area contributed by atoms with Crippen LogP contribution in [-0.4, -0.2) is 21.2 Å². The number of carbonyl (C=O) groups is 1. The molecule has 0 aliphatic rings. The van der Waals surface area contributed by atoms with Gasteiger partial charge in [0, 0.05) is 36.9 Å². The summed E-state index contributed by atoms with van der Waals surface area (Å²) in [5, 5.41) is 3.81. The average molecular weight is 406 g/mol. The monoisotopic (exact) mass is 404 g/mol. The Bertz CT molecular complexity index is 772. The van der Waals surface area contributed by atoms with Gasteiger partial charge in [0.05, 0.1) is 5.02 Å². The Morgan fingerprint density at radius 3 is 2.17 bits per heavy atom. The first-order valence-corrected chi connectivity index (χ1v) is 8.16. The zero-order chi connectivity index (χ0) is 17.2. The Labute approximate surface area is 153 Å². The Balaban J connectivity index is 0.000000219. The fourth-order valence-corrected chi connectivity index (χ4v) is 2.08. The SMILES string of the molecule is Clc1ccc(NCc2ccncc2)nc1Br.O=Cc1ccncc1. The van der Waals surface area contributed by atoms with E-state index in [1.54, 1.807) is 43.0 Å². The van der Waals surface area contributed by atoms with E-state index in [0.29, 0.717) is 21.7 Å². The molecule has 122 valence electrons. The Hall–Kier alpha value is -2.31. The van der Waals surface area contributed by atoms with Gasteiger partial charge in [-0.05, 0) is 57.9 Å². The number of anilines is 1. The van der Waals surface area contributed by atoms with Crippen LogP contribution in [-0.2, 0) is 6.54 Å². The minimum Gasteiger partial charge on any atom is -0.366 e. The summed E-state index contributed by atoms with van der Waals surface area (Å²) in [6, 6.07) is 10.9. The van der Waals surface area contributed by atoms with Gasteiger partial charge in [-0.25, -0.2) is 4.98 Å². The molecule has 0 spiro atoms. The van der Waals surface area contributed by atoms with Crippen LogP contribution < -0.4 is 5.32 Å². The lowest BCUT2D eigenvalue weighted by molar-refractivity contribution is 0.112. The largest absolute Gasteiger partial charge is 0.366 e. The molecule has 0 unspecified atom stereocenters. The number of halogens is 2.